The molecular weight excluding hydrogens is 468 g/mol. The number of rotatable bonds is 12. The lowest BCUT2D eigenvalue weighted by atomic mass is 10.1. The molecule has 36 heavy (non-hydrogen) atoms. The number of ether oxygens (including phenoxy) is 1. The molecule has 1 aliphatic heterocycles. The van der Waals surface area contributed by atoms with Crippen LogP contribution in [0.15, 0.2) is 48.5 Å². The van der Waals surface area contributed by atoms with Crippen molar-refractivity contribution in [3.8, 4) is 5.19 Å². The Bertz CT molecular complexity index is 1100. The highest BCUT2D eigenvalue weighted by atomic mass is 32.1. The first-order valence-electron chi connectivity index (χ1n) is 13.4. The molecule has 0 bridgehead atoms. The molecule has 0 aliphatic carbocycles. The lowest BCUT2D eigenvalue weighted by molar-refractivity contribution is -0.118. The number of hydrogen-bond acceptors (Lipinski definition) is 6. The number of carbonyl (C=O) groups excluding carboxylic acids is 1. The molecule has 1 fully saturated rings. The first-order chi connectivity index (χ1) is 17.6. The van der Waals surface area contributed by atoms with Gasteiger partial charge in [0.1, 0.15) is 0 Å². The van der Waals surface area contributed by atoms with Crippen LogP contribution in [0.1, 0.15) is 45.6 Å². The molecule has 4 rings (SSSR count). The number of amides is 1. The van der Waals surface area contributed by atoms with Crippen molar-refractivity contribution in [2.45, 2.75) is 52.5 Å². The summed E-state index contributed by atoms with van der Waals surface area (Å²) in [6.45, 7) is 13.2. The molecule has 7 heteroatoms. The number of fused-ring (bicyclic) bond motifs is 1. The minimum atomic E-state index is 0.0963. The van der Waals surface area contributed by atoms with Crippen molar-refractivity contribution < 1.29 is 9.53 Å². The van der Waals surface area contributed by atoms with Gasteiger partial charge in [-0.3, -0.25) is 9.69 Å². The third-order valence-electron chi connectivity index (χ3n) is 6.91. The monoisotopic (exact) mass is 508 g/mol. The summed E-state index contributed by atoms with van der Waals surface area (Å²) in [7, 11) is 0. The number of piperazine rings is 1. The fourth-order valence-electron chi connectivity index (χ4n) is 4.80. The van der Waals surface area contributed by atoms with E-state index in [1.54, 1.807) is 11.3 Å². The van der Waals surface area contributed by atoms with E-state index in [0.29, 0.717) is 18.2 Å². The average Bonchev–Trinajstić information content (AvgIpc) is 3.31. The SMILES string of the molecule is CCCCOc1nc2ccc(N(C(=O)CC)C(C)CN3CCN(CCc4ccccc4)CC3)cc2s1. The van der Waals surface area contributed by atoms with Crippen molar-refractivity contribution in [1.29, 1.82) is 0 Å². The van der Waals surface area contributed by atoms with Crippen LogP contribution >= 0.6 is 11.3 Å². The third-order valence-corrected chi connectivity index (χ3v) is 7.84. The molecule has 0 spiro atoms. The summed E-state index contributed by atoms with van der Waals surface area (Å²) in [5, 5.41) is 0.710. The molecule has 1 atom stereocenters. The number of unbranched alkanes of at least 4 members (excludes halogenated alkanes) is 1. The van der Waals surface area contributed by atoms with Gasteiger partial charge in [0.25, 0.3) is 5.19 Å². The van der Waals surface area contributed by atoms with Crippen LogP contribution in [-0.4, -0.2) is 72.6 Å². The van der Waals surface area contributed by atoms with Crippen LogP contribution in [-0.2, 0) is 11.2 Å². The van der Waals surface area contributed by atoms with E-state index in [1.165, 1.54) is 5.56 Å². The maximum atomic E-state index is 13.0. The fraction of sp³-hybridized carbons (Fsp3) is 0.517. The highest BCUT2D eigenvalue weighted by molar-refractivity contribution is 7.20. The summed E-state index contributed by atoms with van der Waals surface area (Å²) < 4.78 is 6.88. The second-order valence-electron chi connectivity index (χ2n) is 9.68. The summed E-state index contributed by atoms with van der Waals surface area (Å²) >= 11 is 1.56. The Hall–Kier alpha value is -2.48. The van der Waals surface area contributed by atoms with Gasteiger partial charge in [-0.25, -0.2) is 4.98 Å². The normalized spacial score (nSPS) is 15.8. The Balaban J connectivity index is 1.35. The van der Waals surface area contributed by atoms with Gasteiger partial charge in [0, 0.05) is 57.4 Å². The Morgan fingerprint density at radius 3 is 2.56 bits per heavy atom. The maximum Gasteiger partial charge on any atom is 0.274 e. The highest BCUT2D eigenvalue weighted by Gasteiger charge is 2.25. The van der Waals surface area contributed by atoms with Gasteiger partial charge in [-0.05, 0) is 43.5 Å². The number of carbonyl (C=O) groups is 1. The van der Waals surface area contributed by atoms with Crippen LogP contribution in [0.3, 0.4) is 0 Å². The van der Waals surface area contributed by atoms with Gasteiger partial charge in [-0.15, -0.1) is 0 Å². The molecule has 1 aliphatic rings. The van der Waals surface area contributed by atoms with Gasteiger partial charge in [0.2, 0.25) is 5.91 Å². The molecule has 1 unspecified atom stereocenters. The molecule has 1 aromatic heterocycles. The van der Waals surface area contributed by atoms with E-state index in [2.05, 4.69) is 65.0 Å². The molecule has 194 valence electrons. The van der Waals surface area contributed by atoms with Crippen LogP contribution in [0.25, 0.3) is 10.2 Å². The van der Waals surface area contributed by atoms with Gasteiger partial charge in [-0.1, -0.05) is 61.9 Å². The lowest BCUT2D eigenvalue weighted by Gasteiger charge is -2.38. The Morgan fingerprint density at radius 2 is 1.83 bits per heavy atom. The van der Waals surface area contributed by atoms with Crippen molar-refractivity contribution in [1.82, 2.24) is 14.8 Å². The van der Waals surface area contributed by atoms with E-state index >= 15 is 0 Å². The molecule has 0 N–H and O–H groups in total. The molecule has 3 aromatic rings. The zero-order valence-electron chi connectivity index (χ0n) is 22.0. The van der Waals surface area contributed by atoms with Crippen molar-refractivity contribution in [3.05, 3.63) is 54.1 Å². The second-order valence-corrected chi connectivity index (χ2v) is 10.7. The third kappa shape index (κ3) is 7.05. The zero-order chi connectivity index (χ0) is 25.3. The highest BCUT2D eigenvalue weighted by Crippen LogP contribution is 2.32. The standard InChI is InChI=1S/C29H40N4O2S/c1-4-6-20-35-29-30-26-13-12-25(21-27(26)36-29)33(28(34)5-2)23(3)22-32-18-16-31(17-19-32)15-14-24-10-8-7-9-11-24/h7-13,21,23H,4-6,14-20,22H2,1-3H3. The predicted octanol–water partition coefficient (Wildman–Crippen LogP) is 5.47. The van der Waals surface area contributed by atoms with Crippen LogP contribution in [0.4, 0.5) is 5.69 Å². The molecule has 1 saturated heterocycles. The predicted molar refractivity (Wildman–Crippen MR) is 150 cm³/mol. The van der Waals surface area contributed by atoms with E-state index < -0.39 is 0 Å². The molecule has 1 amide bonds. The smallest absolute Gasteiger partial charge is 0.274 e. The van der Waals surface area contributed by atoms with E-state index in [1.807, 2.05) is 24.0 Å². The number of anilines is 1. The first-order valence-corrected chi connectivity index (χ1v) is 14.2. The van der Waals surface area contributed by atoms with E-state index in [9.17, 15) is 4.79 Å². The second kappa shape index (κ2) is 13.2. The van der Waals surface area contributed by atoms with Crippen molar-refractivity contribution in [2.24, 2.45) is 0 Å². The number of thiazole rings is 1. The average molecular weight is 509 g/mol. The summed E-state index contributed by atoms with van der Waals surface area (Å²) in [5.74, 6) is 0.160. The minimum Gasteiger partial charge on any atom is -0.470 e. The summed E-state index contributed by atoms with van der Waals surface area (Å²) in [4.78, 5) is 24.7. The van der Waals surface area contributed by atoms with E-state index in [-0.39, 0.29) is 11.9 Å². The number of aromatic nitrogens is 1. The molecule has 0 radical (unpaired) electrons. The van der Waals surface area contributed by atoms with Gasteiger partial charge in [0.15, 0.2) is 0 Å². The molecule has 2 aromatic carbocycles. The fourth-order valence-corrected chi connectivity index (χ4v) is 5.68. The summed E-state index contributed by atoms with van der Waals surface area (Å²) in [6.07, 6.45) is 3.72. The molecular formula is C29H40N4O2S. The van der Waals surface area contributed by atoms with E-state index in [4.69, 9.17) is 4.74 Å². The lowest BCUT2D eigenvalue weighted by Crippen LogP contribution is -2.52. The van der Waals surface area contributed by atoms with Gasteiger partial charge >= 0.3 is 0 Å². The van der Waals surface area contributed by atoms with Gasteiger partial charge in [-0.2, -0.15) is 0 Å². The molecule has 2 heterocycles. The van der Waals surface area contributed by atoms with Gasteiger partial charge in [0.05, 0.1) is 16.8 Å². The number of nitrogens with zero attached hydrogens (tertiary/aromatic N) is 4. The Labute approximate surface area is 219 Å². The van der Waals surface area contributed by atoms with Crippen molar-refractivity contribution in [2.75, 3.05) is 50.8 Å². The molecule has 6 nitrogen and oxygen atoms in total. The van der Waals surface area contributed by atoms with Crippen LogP contribution in [0.2, 0.25) is 0 Å². The summed E-state index contributed by atoms with van der Waals surface area (Å²) in [5.41, 5.74) is 3.28. The van der Waals surface area contributed by atoms with Crippen LogP contribution in [0, 0.1) is 0 Å². The zero-order valence-corrected chi connectivity index (χ0v) is 22.8. The number of hydrogen-bond donors (Lipinski definition) is 0. The van der Waals surface area contributed by atoms with Crippen LogP contribution < -0.4 is 9.64 Å². The topological polar surface area (TPSA) is 48.9 Å². The quantitative estimate of drug-likeness (QED) is 0.304. The van der Waals surface area contributed by atoms with Crippen LogP contribution in [0.5, 0.6) is 5.19 Å². The largest absolute Gasteiger partial charge is 0.470 e. The van der Waals surface area contributed by atoms with Gasteiger partial charge < -0.3 is 14.5 Å². The Morgan fingerprint density at radius 1 is 1.08 bits per heavy atom. The molecule has 0 saturated carbocycles. The first kappa shape index (κ1) is 26.6. The van der Waals surface area contributed by atoms with Crippen molar-refractivity contribution in [3.63, 3.8) is 0 Å². The Kier molecular flexibility index (Phi) is 9.73. The minimum absolute atomic E-state index is 0.0963. The van der Waals surface area contributed by atoms with Crippen molar-refractivity contribution >= 4 is 33.1 Å². The number of benzene rings is 2. The maximum absolute atomic E-state index is 13.0. The van der Waals surface area contributed by atoms with E-state index in [0.717, 1.165) is 74.4 Å². The summed E-state index contributed by atoms with van der Waals surface area (Å²) in [6, 6.07) is 17.0.